The summed E-state index contributed by atoms with van der Waals surface area (Å²) >= 11 is 5.23. The van der Waals surface area contributed by atoms with Gasteiger partial charge in [0.1, 0.15) is 5.75 Å². The number of carbonyl (C=O) groups is 1. The van der Waals surface area contributed by atoms with Gasteiger partial charge in [0.15, 0.2) is 11.7 Å². The normalized spacial score (nSPS) is 13.4. The van der Waals surface area contributed by atoms with E-state index in [1.807, 2.05) is 43.3 Å². The van der Waals surface area contributed by atoms with Crippen LogP contribution >= 0.6 is 12.2 Å². The number of benzene rings is 2. The molecule has 0 aromatic heterocycles. The molecule has 2 aromatic carbocycles. The number of amides is 1. The molecule has 2 aromatic rings. The van der Waals surface area contributed by atoms with E-state index in [4.69, 9.17) is 17.0 Å². The second-order valence-corrected chi connectivity index (χ2v) is 7.17. The molecule has 0 bridgehead atoms. The van der Waals surface area contributed by atoms with Crippen molar-refractivity contribution in [2.24, 2.45) is 0 Å². The number of rotatable bonds is 5. The molecular formula is C21H25N3O2S. The van der Waals surface area contributed by atoms with Gasteiger partial charge in [-0.1, -0.05) is 36.4 Å². The van der Waals surface area contributed by atoms with Crippen molar-refractivity contribution in [3.8, 4) is 5.75 Å². The third kappa shape index (κ3) is 4.98. The first-order valence-electron chi connectivity index (χ1n) is 9.19. The van der Waals surface area contributed by atoms with Crippen molar-refractivity contribution in [1.82, 2.24) is 16.2 Å². The van der Waals surface area contributed by atoms with E-state index in [9.17, 15) is 4.79 Å². The minimum Gasteiger partial charge on any atom is -0.483 e. The van der Waals surface area contributed by atoms with Crippen LogP contribution < -0.4 is 20.9 Å². The highest BCUT2D eigenvalue weighted by Gasteiger charge is 2.18. The van der Waals surface area contributed by atoms with Crippen LogP contribution in [0.25, 0.3) is 0 Å². The summed E-state index contributed by atoms with van der Waals surface area (Å²) in [4.78, 5) is 12.1. The summed E-state index contributed by atoms with van der Waals surface area (Å²) in [5, 5.41) is 3.49. The lowest BCUT2D eigenvalue weighted by atomic mass is 10.0. The zero-order chi connectivity index (χ0) is 19.2. The SMILES string of the molecule is Cc1ccc(OCC(=O)NNC(=S)NC(C)c2ccccc2)c2c1CCC2. The molecule has 1 atom stereocenters. The molecule has 1 unspecified atom stereocenters. The lowest BCUT2D eigenvalue weighted by Gasteiger charge is -2.18. The van der Waals surface area contributed by atoms with Gasteiger partial charge in [-0.25, -0.2) is 0 Å². The number of thiocarbonyl (C=S) groups is 1. The fraction of sp³-hybridized carbons (Fsp3) is 0.333. The van der Waals surface area contributed by atoms with Gasteiger partial charge in [-0.15, -0.1) is 0 Å². The van der Waals surface area contributed by atoms with E-state index in [1.165, 1.54) is 16.7 Å². The van der Waals surface area contributed by atoms with Crippen LogP contribution in [0.15, 0.2) is 42.5 Å². The average Bonchev–Trinajstić information content (AvgIpc) is 3.17. The molecule has 27 heavy (non-hydrogen) atoms. The fourth-order valence-corrected chi connectivity index (χ4v) is 3.58. The van der Waals surface area contributed by atoms with Crippen LogP contribution in [0.5, 0.6) is 5.75 Å². The Morgan fingerprint density at radius 2 is 1.85 bits per heavy atom. The highest BCUT2D eigenvalue weighted by atomic mass is 32.1. The Hall–Kier alpha value is -2.60. The Labute approximate surface area is 165 Å². The van der Waals surface area contributed by atoms with Gasteiger partial charge in [0, 0.05) is 0 Å². The molecule has 5 nitrogen and oxygen atoms in total. The maximum absolute atomic E-state index is 12.1. The summed E-state index contributed by atoms with van der Waals surface area (Å²) in [6, 6.07) is 14.0. The quantitative estimate of drug-likeness (QED) is 0.547. The molecule has 0 saturated heterocycles. The molecule has 0 heterocycles. The van der Waals surface area contributed by atoms with Crippen LogP contribution in [0.4, 0.5) is 0 Å². The maximum Gasteiger partial charge on any atom is 0.276 e. The monoisotopic (exact) mass is 383 g/mol. The number of fused-ring (bicyclic) bond motifs is 1. The number of hydrogen-bond acceptors (Lipinski definition) is 3. The molecule has 1 aliphatic carbocycles. The summed E-state index contributed by atoms with van der Waals surface area (Å²) in [5.74, 6) is 0.528. The van der Waals surface area contributed by atoms with Crippen molar-refractivity contribution in [2.45, 2.75) is 39.2 Å². The van der Waals surface area contributed by atoms with Gasteiger partial charge in [-0.3, -0.25) is 15.6 Å². The molecule has 1 aliphatic rings. The van der Waals surface area contributed by atoms with Crippen LogP contribution in [0.2, 0.25) is 0 Å². The van der Waals surface area contributed by atoms with Crippen LogP contribution in [-0.2, 0) is 17.6 Å². The lowest BCUT2D eigenvalue weighted by Crippen LogP contribution is -2.48. The number of hydrogen-bond donors (Lipinski definition) is 3. The van der Waals surface area contributed by atoms with Crippen molar-refractivity contribution in [3.05, 3.63) is 64.7 Å². The molecule has 3 rings (SSSR count). The van der Waals surface area contributed by atoms with E-state index in [0.29, 0.717) is 5.11 Å². The zero-order valence-electron chi connectivity index (χ0n) is 15.7. The van der Waals surface area contributed by atoms with Crippen molar-refractivity contribution in [3.63, 3.8) is 0 Å². The standard InChI is InChI=1S/C21H25N3O2S/c1-14-11-12-19(18-10-6-9-17(14)18)26-13-20(25)23-24-21(27)22-15(2)16-7-4-3-5-8-16/h3-5,7-8,11-12,15H,6,9-10,13H2,1-2H3,(H,23,25)(H2,22,24,27). The average molecular weight is 384 g/mol. The maximum atomic E-state index is 12.1. The Bertz CT molecular complexity index is 824. The second-order valence-electron chi connectivity index (χ2n) is 6.76. The summed E-state index contributed by atoms with van der Waals surface area (Å²) in [7, 11) is 0. The Kier molecular flexibility index (Phi) is 6.29. The zero-order valence-corrected chi connectivity index (χ0v) is 16.5. The molecule has 6 heteroatoms. The van der Waals surface area contributed by atoms with E-state index in [2.05, 4.69) is 29.2 Å². The third-order valence-corrected chi connectivity index (χ3v) is 5.02. The van der Waals surface area contributed by atoms with Crippen molar-refractivity contribution < 1.29 is 9.53 Å². The first-order chi connectivity index (χ1) is 13.0. The van der Waals surface area contributed by atoms with E-state index >= 15 is 0 Å². The third-order valence-electron chi connectivity index (χ3n) is 4.80. The van der Waals surface area contributed by atoms with Gasteiger partial charge < -0.3 is 10.1 Å². The van der Waals surface area contributed by atoms with E-state index in [0.717, 1.165) is 30.6 Å². The molecule has 0 aliphatic heterocycles. The number of hydrazine groups is 1. The van der Waals surface area contributed by atoms with Crippen LogP contribution in [0, 0.1) is 6.92 Å². The van der Waals surface area contributed by atoms with Gasteiger partial charge in [-0.05, 0) is 73.6 Å². The largest absolute Gasteiger partial charge is 0.483 e. The lowest BCUT2D eigenvalue weighted by molar-refractivity contribution is -0.123. The topological polar surface area (TPSA) is 62.4 Å². The molecule has 0 spiro atoms. The summed E-state index contributed by atoms with van der Waals surface area (Å²) < 4.78 is 5.73. The van der Waals surface area contributed by atoms with Crippen molar-refractivity contribution in [2.75, 3.05) is 6.61 Å². The molecule has 0 saturated carbocycles. The molecule has 1 amide bonds. The molecule has 0 fully saturated rings. The summed E-state index contributed by atoms with van der Waals surface area (Å²) in [6.45, 7) is 4.07. The van der Waals surface area contributed by atoms with E-state index in [1.54, 1.807) is 0 Å². The van der Waals surface area contributed by atoms with Gasteiger partial charge in [0.05, 0.1) is 6.04 Å². The van der Waals surface area contributed by atoms with Gasteiger partial charge in [-0.2, -0.15) is 0 Å². The molecule has 3 N–H and O–H groups in total. The minimum absolute atomic E-state index is 0.0366. The van der Waals surface area contributed by atoms with Crippen molar-refractivity contribution in [1.29, 1.82) is 0 Å². The minimum atomic E-state index is -0.279. The number of ether oxygens (including phenoxy) is 1. The smallest absolute Gasteiger partial charge is 0.276 e. The number of carbonyl (C=O) groups excluding carboxylic acids is 1. The molecule has 0 radical (unpaired) electrons. The molecule has 142 valence electrons. The van der Waals surface area contributed by atoms with Gasteiger partial charge in [0.25, 0.3) is 5.91 Å². The second kappa shape index (κ2) is 8.86. The first kappa shape index (κ1) is 19.2. The number of aryl methyl sites for hydroxylation is 1. The molecular weight excluding hydrogens is 358 g/mol. The van der Waals surface area contributed by atoms with E-state index in [-0.39, 0.29) is 18.6 Å². The highest BCUT2D eigenvalue weighted by Crippen LogP contribution is 2.32. The Morgan fingerprint density at radius 3 is 2.63 bits per heavy atom. The summed E-state index contributed by atoms with van der Waals surface area (Å²) in [6.07, 6.45) is 3.24. The predicted molar refractivity (Wildman–Crippen MR) is 111 cm³/mol. The van der Waals surface area contributed by atoms with Crippen LogP contribution in [0.3, 0.4) is 0 Å². The first-order valence-corrected chi connectivity index (χ1v) is 9.60. The Balaban J connectivity index is 1.44. The fourth-order valence-electron chi connectivity index (χ4n) is 3.35. The van der Waals surface area contributed by atoms with Crippen molar-refractivity contribution >= 4 is 23.2 Å². The highest BCUT2D eigenvalue weighted by molar-refractivity contribution is 7.80. The number of nitrogens with one attached hydrogen (secondary N) is 3. The predicted octanol–water partition coefficient (Wildman–Crippen LogP) is 3.12. The van der Waals surface area contributed by atoms with E-state index < -0.39 is 0 Å². The van der Waals surface area contributed by atoms with Crippen LogP contribution in [-0.4, -0.2) is 17.6 Å². The van der Waals surface area contributed by atoms with Gasteiger partial charge in [0.2, 0.25) is 0 Å². The Morgan fingerprint density at radius 1 is 1.11 bits per heavy atom. The van der Waals surface area contributed by atoms with Gasteiger partial charge >= 0.3 is 0 Å². The summed E-state index contributed by atoms with van der Waals surface area (Å²) in [5.41, 5.74) is 10.3. The van der Waals surface area contributed by atoms with Crippen LogP contribution in [0.1, 0.15) is 41.6 Å².